The minimum absolute atomic E-state index is 0.0614. The van der Waals surface area contributed by atoms with Gasteiger partial charge in [0.15, 0.2) is 0 Å². The first-order chi connectivity index (χ1) is 14.8. The Morgan fingerprint density at radius 1 is 1.06 bits per heavy atom. The summed E-state index contributed by atoms with van der Waals surface area (Å²) in [4.78, 5) is 14.4. The van der Waals surface area contributed by atoms with E-state index in [0.717, 1.165) is 22.6 Å². The largest absolute Gasteiger partial charge is 0.369 e. The maximum Gasteiger partial charge on any atom is 0.272 e. The monoisotopic (exact) mass is 461 g/mol. The number of aryl methyl sites for hydroxylation is 1. The van der Waals surface area contributed by atoms with Crippen molar-refractivity contribution in [1.82, 2.24) is 14.5 Å². The molecule has 8 nitrogen and oxygen atoms in total. The van der Waals surface area contributed by atoms with Gasteiger partial charge in [0.25, 0.3) is 15.9 Å². The minimum Gasteiger partial charge on any atom is -0.369 e. The number of hydrogen-bond acceptors (Lipinski definition) is 7. The number of piperazine rings is 1. The number of halogens is 1. The fraction of sp³-hybridized carbons (Fsp3) is 0.250. The summed E-state index contributed by atoms with van der Waals surface area (Å²) in [5.41, 5.74) is 2.45. The van der Waals surface area contributed by atoms with E-state index in [9.17, 15) is 17.6 Å². The normalized spacial score (nSPS) is 15.1. The molecule has 0 bridgehead atoms. The van der Waals surface area contributed by atoms with Crippen LogP contribution in [0, 0.1) is 12.7 Å². The second-order valence-corrected chi connectivity index (χ2v) is 10.2. The first kappa shape index (κ1) is 21.3. The standard InChI is InChI=1S/C20H20FN5O3S2/c1-14-3-2-4-17(13-14)25-9-11-26(12-10-25)31(28,29)20-24-23-19(30-20)22-18(27)15-5-7-16(21)8-6-15/h2-8,13H,9-12H2,1H3,(H,22,23,27). The maximum atomic E-state index is 13.0. The molecule has 162 valence electrons. The van der Waals surface area contributed by atoms with Crippen LogP contribution in [0.1, 0.15) is 15.9 Å². The molecule has 0 radical (unpaired) electrons. The molecule has 1 fully saturated rings. The summed E-state index contributed by atoms with van der Waals surface area (Å²) in [5, 5.41) is 10.1. The molecule has 0 aliphatic carbocycles. The van der Waals surface area contributed by atoms with Crippen LogP contribution in [-0.2, 0) is 10.0 Å². The highest BCUT2D eigenvalue weighted by molar-refractivity contribution is 7.91. The van der Waals surface area contributed by atoms with Crippen molar-refractivity contribution in [2.24, 2.45) is 0 Å². The molecule has 0 spiro atoms. The SMILES string of the molecule is Cc1cccc(N2CCN(S(=O)(=O)c3nnc(NC(=O)c4ccc(F)cc4)s3)CC2)c1. The third-order valence-corrected chi connectivity index (χ3v) is 7.98. The van der Waals surface area contributed by atoms with E-state index in [4.69, 9.17) is 0 Å². The minimum atomic E-state index is -3.81. The highest BCUT2D eigenvalue weighted by Gasteiger charge is 2.32. The van der Waals surface area contributed by atoms with E-state index in [1.54, 1.807) is 0 Å². The molecule has 1 aliphatic heterocycles. The average Bonchev–Trinajstić information content (AvgIpc) is 3.24. The highest BCUT2D eigenvalue weighted by atomic mass is 32.2. The second kappa shape index (κ2) is 8.69. The molecule has 1 aliphatic rings. The Morgan fingerprint density at radius 3 is 2.45 bits per heavy atom. The van der Waals surface area contributed by atoms with Crippen LogP contribution in [0.15, 0.2) is 52.9 Å². The summed E-state index contributed by atoms with van der Waals surface area (Å²) in [5.74, 6) is -0.977. The van der Waals surface area contributed by atoms with Crippen LogP contribution in [0.25, 0.3) is 0 Å². The summed E-state index contributed by atoms with van der Waals surface area (Å²) in [6, 6.07) is 13.1. The van der Waals surface area contributed by atoms with Gasteiger partial charge in [-0.05, 0) is 48.9 Å². The lowest BCUT2D eigenvalue weighted by molar-refractivity contribution is 0.102. The summed E-state index contributed by atoms with van der Waals surface area (Å²) >= 11 is 0.787. The second-order valence-electron chi connectivity index (χ2n) is 7.06. The zero-order chi connectivity index (χ0) is 22.0. The number of nitrogens with zero attached hydrogens (tertiary/aromatic N) is 4. The molecular formula is C20H20FN5O3S2. The number of anilines is 2. The Bertz CT molecular complexity index is 1190. The molecule has 2 aromatic carbocycles. The third-order valence-electron chi connectivity index (χ3n) is 4.90. The van der Waals surface area contributed by atoms with Gasteiger partial charge in [0.1, 0.15) is 5.82 Å². The molecule has 1 N–H and O–H groups in total. The number of nitrogens with one attached hydrogen (secondary N) is 1. The highest BCUT2D eigenvalue weighted by Crippen LogP contribution is 2.26. The van der Waals surface area contributed by atoms with Crippen LogP contribution in [0.5, 0.6) is 0 Å². The van der Waals surface area contributed by atoms with Crippen LogP contribution in [0.2, 0.25) is 0 Å². The molecule has 1 saturated heterocycles. The molecule has 0 atom stereocenters. The van der Waals surface area contributed by atoms with Gasteiger partial charge in [-0.1, -0.05) is 23.5 Å². The van der Waals surface area contributed by atoms with E-state index >= 15 is 0 Å². The first-order valence-electron chi connectivity index (χ1n) is 9.55. The van der Waals surface area contributed by atoms with Gasteiger partial charge in [-0.15, -0.1) is 10.2 Å². The molecule has 1 aromatic heterocycles. The summed E-state index contributed by atoms with van der Waals surface area (Å²) in [6.45, 7) is 3.80. The summed E-state index contributed by atoms with van der Waals surface area (Å²) in [6.07, 6.45) is 0. The van der Waals surface area contributed by atoms with Gasteiger partial charge in [-0.25, -0.2) is 12.8 Å². The fourth-order valence-electron chi connectivity index (χ4n) is 3.26. The van der Waals surface area contributed by atoms with Crippen molar-refractivity contribution >= 4 is 38.1 Å². The Kier molecular flexibility index (Phi) is 5.99. The lowest BCUT2D eigenvalue weighted by Gasteiger charge is -2.34. The topological polar surface area (TPSA) is 95.5 Å². The van der Waals surface area contributed by atoms with Gasteiger partial charge in [-0.3, -0.25) is 10.1 Å². The Morgan fingerprint density at radius 2 is 1.77 bits per heavy atom. The van der Waals surface area contributed by atoms with Gasteiger partial charge in [0.05, 0.1) is 0 Å². The fourth-order valence-corrected chi connectivity index (χ4v) is 5.71. The van der Waals surface area contributed by atoms with Gasteiger partial charge < -0.3 is 4.90 Å². The van der Waals surface area contributed by atoms with Crippen LogP contribution in [0.4, 0.5) is 15.2 Å². The number of carbonyl (C=O) groups is 1. The van der Waals surface area contributed by atoms with Crippen molar-refractivity contribution in [2.45, 2.75) is 11.3 Å². The van der Waals surface area contributed by atoms with Crippen molar-refractivity contribution in [3.63, 3.8) is 0 Å². The van der Waals surface area contributed by atoms with E-state index in [-0.39, 0.29) is 15.0 Å². The lowest BCUT2D eigenvalue weighted by atomic mass is 10.2. The van der Waals surface area contributed by atoms with Crippen LogP contribution >= 0.6 is 11.3 Å². The third kappa shape index (κ3) is 4.73. The summed E-state index contributed by atoms with van der Waals surface area (Å²) in [7, 11) is -3.81. The zero-order valence-corrected chi connectivity index (χ0v) is 18.3. The van der Waals surface area contributed by atoms with Crippen molar-refractivity contribution in [3.8, 4) is 0 Å². The molecule has 4 rings (SSSR count). The molecule has 31 heavy (non-hydrogen) atoms. The molecule has 1 amide bonds. The van der Waals surface area contributed by atoms with Crippen molar-refractivity contribution < 1.29 is 17.6 Å². The molecule has 3 aromatic rings. The van der Waals surface area contributed by atoms with Crippen LogP contribution in [-0.4, -0.2) is 55.0 Å². The molecule has 11 heteroatoms. The van der Waals surface area contributed by atoms with Crippen LogP contribution < -0.4 is 10.2 Å². The number of hydrogen-bond donors (Lipinski definition) is 1. The van der Waals surface area contributed by atoms with Crippen LogP contribution in [0.3, 0.4) is 0 Å². The van der Waals surface area contributed by atoms with Gasteiger partial charge in [-0.2, -0.15) is 4.31 Å². The van der Waals surface area contributed by atoms with E-state index in [1.165, 1.54) is 28.6 Å². The van der Waals surface area contributed by atoms with Crippen molar-refractivity contribution in [2.75, 3.05) is 36.4 Å². The van der Waals surface area contributed by atoms with Gasteiger partial charge in [0.2, 0.25) is 9.47 Å². The smallest absolute Gasteiger partial charge is 0.272 e. The number of aromatic nitrogens is 2. The van der Waals surface area contributed by atoms with Gasteiger partial charge in [0, 0.05) is 37.4 Å². The average molecular weight is 462 g/mol. The lowest BCUT2D eigenvalue weighted by Crippen LogP contribution is -2.48. The van der Waals surface area contributed by atoms with E-state index in [0.29, 0.717) is 26.2 Å². The number of sulfonamides is 1. The Hall–Kier alpha value is -2.89. The zero-order valence-electron chi connectivity index (χ0n) is 16.7. The van der Waals surface area contributed by atoms with Crippen molar-refractivity contribution in [1.29, 1.82) is 0 Å². The number of amides is 1. The van der Waals surface area contributed by atoms with Crippen molar-refractivity contribution in [3.05, 3.63) is 65.5 Å². The Balaban J connectivity index is 1.41. The van der Waals surface area contributed by atoms with Gasteiger partial charge >= 0.3 is 0 Å². The molecule has 0 unspecified atom stereocenters. The first-order valence-corrected chi connectivity index (χ1v) is 11.8. The number of rotatable bonds is 5. The number of benzene rings is 2. The molecule has 2 heterocycles. The molecule has 0 saturated carbocycles. The number of carbonyl (C=O) groups excluding carboxylic acids is 1. The maximum absolute atomic E-state index is 13.0. The van der Waals surface area contributed by atoms with E-state index < -0.39 is 21.7 Å². The summed E-state index contributed by atoms with van der Waals surface area (Å²) < 4.78 is 40.1. The van der Waals surface area contributed by atoms with E-state index in [1.807, 2.05) is 25.1 Å². The quantitative estimate of drug-likeness (QED) is 0.587. The molecular weight excluding hydrogens is 441 g/mol. The predicted molar refractivity (Wildman–Crippen MR) is 116 cm³/mol. The Labute approximate surface area is 183 Å². The predicted octanol–water partition coefficient (Wildman–Crippen LogP) is 2.75. The van der Waals surface area contributed by atoms with E-state index in [2.05, 4.69) is 26.5 Å².